The maximum Gasteiger partial charge on any atom is 0.255 e. The second kappa shape index (κ2) is 7.92. The number of aromatic nitrogens is 1. The van der Waals surface area contributed by atoms with Gasteiger partial charge in [-0.3, -0.25) is 4.79 Å². The van der Waals surface area contributed by atoms with Crippen LogP contribution in [-0.2, 0) is 0 Å². The van der Waals surface area contributed by atoms with Gasteiger partial charge in [-0.05, 0) is 48.5 Å². The van der Waals surface area contributed by atoms with Crippen LogP contribution in [0.4, 0.5) is 10.1 Å². The molecule has 0 fully saturated rings. The molecule has 0 radical (unpaired) electrons. The van der Waals surface area contributed by atoms with E-state index in [1.54, 1.807) is 11.3 Å². The van der Waals surface area contributed by atoms with Gasteiger partial charge in [-0.1, -0.05) is 35.9 Å². The third-order valence-electron chi connectivity index (χ3n) is 4.14. The van der Waals surface area contributed by atoms with Crippen LogP contribution in [0.1, 0.15) is 10.4 Å². The first-order valence-corrected chi connectivity index (χ1v) is 9.73. The van der Waals surface area contributed by atoms with Crippen LogP contribution >= 0.6 is 22.9 Å². The summed E-state index contributed by atoms with van der Waals surface area (Å²) in [5.74, 6) is -0.659. The molecule has 0 unspecified atom stereocenters. The second-order valence-electron chi connectivity index (χ2n) is 6.08. The minimum atomic E-state index is -0.373. The molecule has 3 nitrogen and oxygen atoms in total. The molecule has 138 valence electrons. The van der Waals surface area contributed by atoms with Gasteiger partial charge >= 0.3 is 0 Å². The van der Waals surface area contributed by atoms with E-state index < -0.39 is 0 Å². The highest BCUT2D eigenvalue weighted by Crippen LogP contribution is 2.30. The molecular weight excluding hydrogens is 395 g/mol. The molecular formula is C22H14ClFN2OS. The second-order valence-corrected chi connectivity index (χ2v) is 7.38. The first kappa shape index (κ1) is 18.3. The molecule has 0 saturated carbocycles. The highest BCUT2D eigenvalue weighted by molar-refractivity contribution is 7.13. The Labute approximate surface area is 170 Å². The summed E-state index contributed by atoms with van der Waals surface area (Å²) in [6, 6.07) is 20.4. The first-order chi connectivity index (χ1) is 13.6. The predicted molar refractivity (Wildman–Crippen MR) is 112 cm³/mol. The van der Waals surface area contributed by atoms with Crippen LogP contribution in [0.15, 0.2) is 78.2 Å². The van der Waals surface area contributed by atoms with Crippen LogP contribution < -0.4 is 5.32 Å². The van der Waals surface area contributed by atoms with Crippen LogP contribution in [0.25, 0.3) is 21.8 Å². The van der Waals surface area contributed by atoms with Gasteiger partial charge in [0, 0.05) is 32.8 Å². The van der Waals surface area contributed by atoms with Crippen LogP contribution in [0.2, 0.25) is 5.02 Å². The fourth-order valence-electron chi connectivity index (χ4n) is 2.66. The number of nitrogens with zero attached hydrogens (tertiary/aromatic N) is 1. The number of carbonyl (C=O) groups excluding carboxylic acids is 1. The zero-order valence-electron chi connectivity index (χ0n) is 14.5. The van der Waals surface area contributed by atoms with Gasteiger partial charge in [0.25, 0.3) is 5.91 Å². The molecule has 0 atom stereocenters. The largest absolute Gasteiger partial charge is 0.322 e. The van der Waals surface area contributed by atoms with E-state index in [4.69, 9.17) is 11.6 Å². The van der Waals surface area contributed by atoms with Gasteiger partial charge in [-0.2, -0.15) is 0 Å². The third-order valence-corrected chi connectivity index (χ3v) is 5.28. The molecule has 28 heavy (non-hydrogen) atoms. The standard InChI is InChI=1S/C22H14ClFN2OS/c23-17-7-1-16(2-8-17)22-26-20(13-28-22)14-5-11-19(12-6-14)25-21(27)15-3-9-18(24)10-4-15/h1-13H,(H,25,27). The molecule has 1 N–H and O–H groups in total. The Morgan fingerprint density at radius 1 is 0.893 bits per heavy atom. The van der Waals surface area contributed by atoms with Crippen LogP contribution in [0, 0.1) is 5.82 Å². The molecule has 6 heteroatoms. The normalized spacial score (nSPS) is 10.6. The Bertz CT molecular complexity index is 1110. The monoisotopic (exact) mass is 408 g/mol. The SMILES string of the molecule is O=C(Nc1ccc(-c2csc(-c3ccc(Cl)cc3)n2)cc1)c1ccc(F)cc1. The van der Waals surface area contributed by atoms with E-state index in [9.17, 15) is 9.18 Å². The van der Waals surface area contributed by atoms with Crippen LogP contribution in [0.3, 0.4) is 0 Å². The minimum absolute atomic E-state index is 0.286. The van der Waals surface area contributed by atoms with Crippen molar-refractivity contribution in [2.75, 3.05) is 5.32 Å². The molecule has 1 aromatic heterocycles. The minimum Gasteiger partial charge on any atom is -0.322 e. The molecule has 4 aromatic rings. The lowest BCUT2D eigenvalue weighted by Crippen LogP contribution is -2.11. The lowest BCUT2D eigenvalue weighted by molar-refractivity contribution is 0.102. The van der Waals surface area contributed by atoms with Gasteiger partial charge in [0.15, 0.2) is 0 Å². The first-order valence-electron chi connectivity index (χ1n) is 8.47. The maximum atomic E-state index is 13.0. The van der Waals surface area contributed by atoms with Gasteiger partial charge < -0.3 is 5.32 Å². The van der Waals surface area contributed by atoms with Gasteiger partial charge in [-0.25, -0.2) is 9.37 Å². The lowest BCUT2D eigenvalue weighted by Gasteiger charge is -2.06. The molecule has 0 aliphatic rings. The molecule has 0 spiro atoms. The summed E-state index contributed by atoms with van der Waals surface area (Å²) in [6.07, 6.45) is 0. The highest BCUT2D eigenvalue weighted by atomic mass is 35.5. The zero-order chi connectivity index (χ0) is 19.5. The van der Waals surface area contributed by atoms with E-state index in [0.29, 0.717) is 16.3 Å². The van der Waals surface area contributed by atoms with Gasteiger partial charge in [-0.15, -0.1) is 11.3 Å². The Morgan fingerprint density at radius 3 is 2.21 bits per heavy atom. The maximum absolute atomic E-state index is 13.0. The Morgan fingerprint density at radius 2 is 1.54 bits per heavy atom. The van der Waals surface area contributed by atoms with E-state index in [0.717, 1.165) is 21.8 Å². The van der Waals surface area contributed by atoms with Crippen molar-refractivity contribution in [3.8, 4) is 21.8 Å². The van der Waals surface area contributed by atoms with Crippen LogP contribution in [0.5, 0.6) is 0 Å². The fourth-order valence-corrected chi connectivity index (χ4v) is 3.62. The van der Waals surface area contributed by atoms with Gasteiger partial charge in [0.2, 0.25) is 0 Å². The summed E-state index contributed by atoms with van der Waals surface area (Å²) in [6.45, 7) is 0. The summed E-state index contributed by atoms with van der Waals surface area (Å²) in [4.78, 5) is 16.9. The molecule has 1 heterocycles. The fraction of sp³-hybridized carbons (Fsp3) is 0. The number of hydrogen-bond donors (Lipinski definition) is 1. The van der Waals surface area contributed by atoms with E-state index in [2.05, 4.69) is 10.3 Å². The average molecular weight is 409 g/mol. The number of carbonyl (C=O) groups is 1. The van der Waals surface area contributed by atoms with E-state index in [1.807, 2.05) is 53.9 Å². The average Bonchev–Trinajstić information content (AvgIpc) is 3.20. The molecule has 4 rings (SSSR count). The lowest BCUT2D eigenvalue weighted by atomic mass is 10.1. The third kappa shape index (κ3) is 4.11. The number of thiazole rings is 1. The van der Waals surface area contributed by atoms with E-state index >= 15 is 0 Å². The Balaban J connectivity index is 1.48. The molecule has 0 aliphatic carbocycles. The van der Waals surface area contributed by atoms with Gasteiger partial charge in [0.1, 0.15) is 10.8 Å². The summed E-state index contributed by atoms with van der Waals surface area (Å²) >= 11 is 7.50. The van der Waals surface area contributed by atoms with Crippen molar-refractivity contribution in [2.45, 2.75) is 0 Å². The van der Waals surface area contributed by atoms with Gasteiger partial charge in [0.05, 0.1) is 5.69 Å². The van der Waals surface area contributed by atoms with Crippen LogP contribution in [-0.4, -0.2) is 10.9 Å². The molecule has 0 aliphatic heterocycles. The number of nitrogens with one attached hydrogen (secondary N) is 1. The zero-order valence-corrected chi connectivity index (χ0v) is 16.1. The smallest absolute Gasteiger partial charge is 0.255 e. The van der Waals surface area contributed by atoms with Crippen molar-refractivity contribution in [3.63, 3.8) is 0 Å². The Hall–Kier alpha value is -3.02. The molecule has 1 amide bonds. The summed E-state index contributed by atoms with van der Waals surface area (Å²) in [7, 11) is 0. The number of benzene rings is 3. The summed E-state index contributed by atoms with van der Waals surface area (Å²) < 4.78 is 13.0. The highest BCUT2D eigenvalue weighted by Gasteiger charge is 2.09. The number of halogens is 2. The number of rotatable bonds is 4. The summed E-state index contributed by atoms with van der Waals surface area (Å²) in [5.41, 5.74) is 3.90. The quantitative estimate of drug-likeness (QED) is 0.417. The molecule has 3 aromatic carbocycles. The van der Waals surface area contributed by atoms with E-state index in [1.165, 1.54) is 24.3 Å². The van der Waals surface area contributed by atoms with Crippen molar-refractivity contribution in [2.24, 2.45) is 0 Å². The Kier molecular flexibility index (Phi) is 5.19. The number of hydrogen-bond acceptors (Lipinski definition) is 3. The summed E-state index contributed by atoms with van der Waals surface area (Å²) in [5, 5.41) is 6.41. The van der Waals surface area contributed by atoms with E-state index in [-0.39, 0.29) is 11.7 Å². The van der Waals surface area contributed by atoms with Crippen molar-refractivity contribution in [3.05, 3.63) is 94.6 Å². The van der Waals surface area contributed by atoms with Crippen molar-refractivity contribution >= 4 is 34.5 Å². The van der Waals surface area contributed by atoms with Crippen molar-refractivity contribution in [1.82, 2.24) is 4.98 Å². The predicted octanol–water partition coefficient (Wildman–Crippen LogP) is 6.52. The molecule has 0 saturated heterocycles. The number of amides is 1. The topological polar surface area (TPSA) is 42.0 Å². The van der Waals surface area contributed by atoms with Crippen molar-refractivity contribution < 1.29 is 9.18 Å². The number of anilines is 1. The van der Waals surface area contributed by atoms with Crippen molar-refractivity contribution in [1.29, 1.82) is 0 Å². The molecule has 0 bridgehead atoms.